The molecule has 0 saturated carbocycles. The van der Waals surface area contributed by atoms with Gasteiger partial charge in [-0.05, 0) is 45.4 Å². The van der Waals surface area contributed by atoms with Crippen molar-refractivity contribution in [3.8, 4) is 5.75 Å². The van der Waals surface area contributed by atoms with Crippen LogP contribution in [0.4, 0.5) is 0 Å². The molecule has 0 aliphatic rings. The van der Waals surface area contributed by atoms with Crippen LogP contribution in [0, 0.1) is 0 Å². The van der Waals surface area contributed by atoms with Crippen LogP contribution < -0.4 is 10.1 Å². The highest BCUT2D eigenvalue weighted by molar-refractivity contribution is 5.29. The summed E-state index contributed by atoms with van der Waals surface area (Å²) in [7, 11) is 1.69. The maximum absolute atomic E-state index is 5.21. The van der Waals surface area contributed by atoms with Crippen molar-refractivity contribution >= 4 is 0 Å². The summed E-state index contributed by atoms with van der Waals surface area (Å²) in [5.41, 5.74) is 2.53. The fraction of sp³-hybridized carbons (Fsp3) is 0.471. The second kappa shape index (κ2) is 6.31. The summed E-state index contributed by atoms with van der Waals surface area (Å²) in [6.45, 7) is 9.50. The Morgan fingerprint density at radius 2 is 1.90 bits per heavy atom. The third-order valence-corrected chi connectivity index (χ3v) is 3.56. The van der Waals surface area contributed by atoms with E-state index in [2.05, 4.69) is 54.7 Å². The third-order valence-electron chi connectivity index (χ3n) is 3.56. The van der Waals surface area contributed by atoms with E-state index >= 15 is 0 Å². The maximum atomic E-state index is 5.21. The van der Waals surface area contributed by atoms with Gasteiger partial charge in [0.25, 0.3) is 0 Å². The van der Waals surface area contributed by atoms with E-state index in [1.165, 1.54) is 11.3 Å². The van der Waals surface area contributed by atoms with E-state index in [1.807, 2.05) is 24.7 Å². The highest BCUT2D eigenvalue weighted by Crippen LogP contribution is 2.22. The van der Waals surface area contributed by atoms with Crippen LogP contribution in [0.25, 0.3) is 0 Å². The molecule has 1 aromatic carbocycles. The summed E-state index contributed by atoms with van der Waals surface area (Å²) < 4.78 is 7.42. The van der Waals surface area contributed by atoms with Crippen LogP contribution in [0.1, 0.15) is 45.0 Å². The molecule has 1 aromatic heterocycles. The zero-order valence-electron chi connectivity index (χ0n) is 13.6. The Bertz CT molecular complexity index is 566. The maximum Gasteiger partial charge on any atom is 0.118 e. The van der Waals surface area contributed by atoms with E-state index in [1.54, 1.807) is 7.11 Å². The predicted octanol–water partition coefficient (Wildman–Crippen LogP) is 3.39. The van der Waals surface area contributed by atoms with Crippen LogP contribution >= 0.6 is 0 Å². The molecule has 4 nitrogen and oxygen atoms in total. The largest absolute Gasteiger partial charge is 0.497 e. The average molecular weight is 287 g/mol. The fourth-order valence-corrected chi connectivity index (χ4v) is 2.22. The Morgan fingerprint density at radius 1 is 1.24 bits per heavy atom. The molecular formula is C17H25N3O. The number of imidazole rings is 1. The summed E-state index contributed by atoms with van der Waals surface area (Å²) in [6.07, 6.45) is 3.83. The van der Waals surface area contributed by atoms with Gasteiger partial charge in [-0.25, -0.2) is 4.98 Å². The molecule has 1 unspecified atom stereocenters. The second-order valence-electron chi connectivity index (χ2n) is 6.34. The molecule has 0 radical (unpaired) electrons. The zero-order valence-corrected chi connectivity index (χ0v) is 13.6. The number of rotatable bonds is 5. The number of nitrogens with zero attached hydrogens (tertiary/aromatic N) is 2. The van der Waals surface area contributed by atoms with Crippen molar-refractivity contribution in [1.82, 2.24) is 14.9 Å². The van der Waals surface area contributed by atoms with Gasteiger partial charge in [-0.15, -0.1) is 0 Å². The summed E-state index contributed by atoms with van der Waals surface area (Å²) in [5.74, 6) is 0.881. The van der Waals surface area contributed by atoms with Crippen LogP contribution in [-0.2, 0) is 6.54 Å². The van der Waals surface area contributed by atoms with Crippen LogP contribution in [-0.4, -0.2) is 22.2 Å². The summed E-state index contributed by atoms with van der Waals surface area (Å²) in [6, 6.07) is 8.44. The SMILES string of the molecule is COc1ccc(C(C)n2cncc2CNC(C)(C)C)cc1. The van der Waals surface area contributed by atoms with Crippen molar-refractivity contribution in [2.24, 2.45) is 0 Å². The molecular weight excluding hydrogens is 262 g/mol. The Labute approximate surface area is 127 Å². The minimum Gasteiger partial charge on any atom is -0.497 e. The summed E-state index contributed by atoms with van der Waals surface area (Å²) in [4.78, 5) is 4.30. The van der Waals surface area contributed by atoms with Crippen molar-refractivity contribution in [2.75, 3.05) is 7.11 Å². The molecule has 0 fully saturated rings. The lowest BCUT2D eigenvalue weighted by Crippen LogP contribution is -2.35. The molecule has 0 bridgehead atoms. The highest BCUT2D eigenvalue weighted by Gasteiger charge is 2.14. The number of hydrogen-bond donors (Lipinski definition) is 1. The lowest BCUT2D eigenvalue weighted by atomic mass is 10.1. The molecule has 114 valence electrons. The second-order valence-corrected chi connectivity index (χ2v) is 6.34. The molecule has 4 heteroatoms. The molecule has 1 atom stereocenters. The van der Waals surface area contributed by atoms with Gasteiger partial charge in [-0.2, -0.15) is 0 Å². The predicted molar refractivity (Wildman–Crippen MR) is 85.6 cm³/mol. The number of aromatic nitrogens is 2. The third kappa shape index (κ3) is 4.08. The first-order valence-electron chi connectivity index (χ1n) is 7.30. The van der Waals surface area contributed by atoms with Crippen molar-refractivity contribution < 1.29 is 4.74 Å². The zero-order chi connectivity index (χ0) is 15.5. The summed E-state index contributed by atoms with van der Waals surface area (Å²) >= 11 is 0. The quantitative estimate of drug-likeness (QED) is 0.916. The first kappa shape index (κ1) is 15.6. The Hall–Kier alpha value is -1.81. The number of ether oxygens (including phenoxy) is 1. The van der Waals surface area contributed by atoms with Crippen molar-refractivity contribution in [2.45, 2.75) is 45.8 Å². The van der Waals surface area contributed by atoms with Gasteiger partial charge >= 0.3 is 0 Å². The average Bonchev–Trinajstić information content (AvgIpc) is 2.92. The molecule has 2 rings (SSSR count). The summed E-state index contributed by atoms with van der Waals surface area (Å²) in [5, 5.41) is 3.51. The van der Waals surface area contributed by atoms with Crippen molar-refractivity contribution in [3.05, 3.63) is 48.0 Å². The number of methoxy groups -OCH3 is 1. The van der Waals surface area contributed by atoms with Crippen LogP contribution in [0.2, 0.25) is 0 Å². The molecule has 0 aliphatic heterocycles. The molecule has 0 aliphatic carbocycles. The lowest BCUT2D eigenvalue weighted by Gasteiger charge is -2.23. The highest BCUT2D eigenvalue weighted by atomic mass is 16.5. The van der Waals surface area contributed by atoms with E-state index in [-0.39, 0.29) is 11.6 Å². The van der Waals surface area contributed by atoms with Crippen LogP contribution in [0.5, 0.6) is 5.75 Å². The van der Waals surface area contributed by atoms with Crippen LogP contribution in [0.3, 0.4) is 0 Å². The van der Waals surface area contributed by atoms with Crippen molar-refractivity contribution in [3.63, 3.8) is 0 Å². The number of nitrogens with one attached hydrogen (secondary N) is 1. The smallest absolute Gasteiger partial charge is 0.118 e. The van der Waals surface area contributed by atoms with E-state index in [4.69, 9.17) is 4.74 Å². The number of hydrogen-bond acceptors (Lipinski definition) is 3. The van der Waals surface area contributed by atoms with Gasteiger partial charge in [0.1, 0.15) is 5.75 Å². The van der Waals surface area contributed by atoms with Gasteiger partial charge in [0.05, 0.1) is 25.2 Å². The van der Waals surface area contributed by atoms with Gasteiger partial charge in [-0.1, -0.05) is 12.1 Å². The van der Waals surface area contributed by atoms with Gasteiger partial charge in [0.2, 0.25) is 0 Å². The topological polar surface area (TPSA) is 39.1 Å². The van der Waals surface area contributed by atoms with Gasteiger partial charge in [-0.3, -0.25) is 0 Å². The molecule has 0 spiro atoms. The molecule has 21 heavy (non-hydrogen) atoms. The monoisotopic (exact) mass is 287 g/mol. The Morgan fingerprint density at radius 3 is 2.48 bits per heavy atom. The lowest BCUT2D eigenvalue weighted by molar-refractivity contribution is 0.412. The van der Waals surface area contributed by atoms with Gasteiger partial charge < -0.3 is 14.6 Å². The first-order chi connectivity index (χ1) is 9.90. The standard InChI is InChI=1S/C17H25N3O/c1-13(14-6-8-16(21-5)9-7-14)20-12-18-10-15(20)11-19-17(2,3)4/h6-10,12-13,19H,11H2,1-5H3. The van der Waals surface area contributed by atoms with E-state index in [0.29, 0.717) is 0 Å². The van der Waals surface area contributed by atoms with E-state index in [9.17, 15) is 0 Å². The molecule has 0 amide bonds. The Kier molecular flexibility index (Phi) is 4.68. The minimum absolute atomic E-state index is 0.0957. The van der Waals surface area contributed by atoms with E-state index < -0.39 is 0 Å². The molecule has 1 heterocycles. The fourth-order valence-electron chi connectivity index (χ4n) is 2.22. The normalized spacial score (nSPS) is 13.2. The van der Waals surface area contributed by atoms with E-state index in [0.717, 1.165) is 12.3 Å². The van der Waals surface area contributed by atoms with Crippen LogP contribution in [0.15, 0.2) is 36.8 Å². The Balaban J connectivity index is 2.15. The van der Waals surface area contributed by atoms with Crippen molar-refractivity contribution in [1.29, 1.82) is 0 Å². The van der Waals surface area contributed by atoms with Gasteiger partial charge in [0.15, 0.2) is 0 Å². The first-order valence-corrected chi connectivity index (χ1v) is 7.30. The molecule has 2 aromatic rings. The molecule has 0 saturated heterocycles. The minimum atomic E-state index is 0.0957. The van der Waals surface area contributed by atoms with Gasteiger partial charge in [0, 0.05) is 18.3 Å². The molecule has 1 N–H and O–H groups in total. The number of benzene rings is 1.